The van der Waals surface area contributed by atoms with E-state index in [4.69, 9.17) is 9.47 Å². The van der Waals surface area contributed by atoms with Gasteiger partial charge in [0.1, 0.15) is 0 Å². The third-order valence-corrected chi connectivity index (χ3v) is 7.81. The normalized spacial score (nSPS) is 29.2. The number of likely N-dealkylation sites (tertiary alicyclic amines) is 2. The maximum Gasteiger partial charge on any atom is 0.322 e. The molecule has 10 heteroatoms. The number of piperidine rings is 2. The number of carbonyl (C=O) groups excluding carboxylic acids is 3. The van der Waals surface area contributed by atoms with Crippen molar-refractivity contribution in [2.24, 2.45) is 10.8 Å². The summed E-state index contributed by atoms with van der Waals surface area (Å²) in [7, 11) is 4.33. The van der Waals surface area contributed by atoms with Gasteiger partial charge in [0.2, 0.25) is 0 Å². The van der Waals surface area contributed by atoms with E-state index in [2.05, 4.69) is 14.9 Å². The highest BCUT2D eigenvalue weighted by Gasteiger charge is 2.75. The molecule has 4 unspecified atom stereocenters. The Labute approximate surface area is 221 Å². The highest BCUT2D eigenvalue weighted by molar-refractivity contribution is 6.17. The first-order chi connectivity index (χ1) is 18.4. The number of allylic oxidation sites excluding steroid dienone is 2. The van der Waals surface area contributed by atoms with Gasteiger partial charge in [0.15, 0.2) is 16.6 Å². The van der Waals surface area contributed by atoms with E-state index in [0.29, 0.717) is 24.6 Å². The summed E-state index contributed by atoms with van der Waals surface area (Å²) < 4.78 is 10.7. The van der Waals surface area contributed by atoms with Crippen LogP contribution in [0.4, 0.5) is 0 Å². The number of nitrogens with zero attached hydrogens (tertiary/aromatic N) is 5. The lowest BCUT2D eigenvalue weighted by atomic mass is 9.54. The molecule has 38 heavy (non-hydrogen) atoms. The molecule has 2 aromatic rings. The summed E-state index contributed by atoms with van der Waals surface area (Å²) in [5.74, 6) is -1.95. The molecule has 2 fully saturated rings. The average molecular weight is 518 g/mol. The van der Waals surface area contributed by atoms with E-state index in [-0.39, 0.29) is 13.1 Å². The molecule has 3 aliphatic heterocycles. The zero-order valence-electron chi connectivity index (χ0n) is 21.7. The molecule has 3 aliphatic rings. The highest BCUT2D eigenvalue weighted by atomic mass is 16.5. The molecular formula is C28H31N5O5. The van der Waals surface area contributed by atoms with Crippen molar-refractivity contribution in [3.05, 3.63) is 84.6 Å². The van der Waals surface area contributed by atoms with Gasteiger partial charge in [-0.2, -0.15) is 0 Å². The second kappa shape index (κ2) is 10.1. The van der Waals surface area contributed by atoms with Crippen LogP contribution < -0.4 is 0 Å². The van der Waals surface area contributed by atoms with Gasteiger partial charge in [-0.15, -0.1) is 0 Å². The van der Waals surface area contributed by atoms with Gasteiger partial charge in [-0.3, -0.25) is 34.2 Å². The van der Waals surface area contributed by atoms with Crippen molar-refractivity contribution in [2.75, 3.05) is 47.6 Å². The highest BCUT2D eigenvalue weighted by Crippen LogP contribution is 2.60. The minimum atomic E-state index is -1.75. The Morgan fingerprint density at radius 1 is 0.921 bits per heavy atom. The van der Waals surface area contributed by atoms with Gasteiger partial charge >= 0.3 is 11.9 Å². The van der Waals surface area contributed by atoms with Gasteiger partial charge in [0, 0.05) is 38.2 Å². The van der Waals surface area contributed by atoms with Crippen LogP contribution in [0.3, 0.4) is 0 Å². The van der Waals surface area contributed by atoms with Crippen molar-refractivity contribution < 1.29 is 23.9 Å². The monoisotopic (exact) mass is 517 g/mol. The van der Waals surface area contributed by atoms with Crippen LogP contribution in [0, 0.1) is 10.8 Å². The molecule has 5 heterocycles. The van der Waals surface area contributed by atoms with Crippen molar-refractivity contribution in [1.82, 2.24) is 24.7 Å². The van der Waals surface area contributed by atoms with Crippen LogP contribution in [-0.2, 0) is 23.9 Å². The van der Waals surface area contributed by atoms with E-state index >= 15 is 0 Å². The zero-order valence-corrected chi connectivity index (χ0v) is 21.7. The fourth-order valence-electron chi connectivity index (χ4n) is 6.44. The Hall–Kier alpha value is -3.89. The first-order valence-electron chi connectivity index (χ1n) is 12.5. The average Bonchev–Trinajstić information content (AvgIpc) is 2.95. The summed E-state index contributed by atoms with van der Waals surface area (Å²) in [5, 5.41) is 0. The number of ketones is 1. The molecule has 0 saturated carbocycles. The maximum absolute atomic E-state index is 14.9. The van der Waals surface area contributed by atoms with Gasteiger partial charge in [-0.1, -0.05) is 24.3 Å². The number of methoxy groups -OCH3 is 2. The van der Waals surface area contributed by atoms with Crippen LogP contribution >= 0.6 is 0 Å². The molecule has 10 nitrogen and oxygen atoms in total. The lowest BCUT2D eigenvalue weighted by molar-refractivity contribution is -0.205. The molecule has 0 N–H and O–H groups in total. The molecule has 0 amide bonds. The minimum absolute atomic E-state index is 0.0474. The number of aromatic nitrogens is 2. The van der Waals surface area contributed by atoms with E-state index in [1.54, 1.807) is 43.7 Å². The van der Waals surface area contributed by atoms with E-state index < -0.39 is 40.6 Å². The van der Waals surface area contributed by atoms with Crippen LogP contribution in [0.5, 0.6) is 0 Å². The maximum atomic E-state index is 14.9. The van der Waals surface area contributed by atoms with Crippen molar-refractivity contribution >= 4 is 17.7 Å². The Balaban J connectivity index is 1.77. The van der Waals surface area contributed by atoms with Crippen molar-refractivity contribution in [1.29, 1.82) is 0 Å². The number of ether oxygens (including phenoxy) is 2. The molecule has 0 spiro atoms. The van der Waals surface area contributed by atoms with Crippen LogP contribution in [0.2, 0.25) is 0 Å². The molecular weight excluding hydrogens is 486 g/mol. The van der Waals surface area contributed by atoms with Gasteiger partial charge in [0.05, 0.1) is 44.4 Å². The Morgan fingerprint density at radius 2 is 1.47 bits per heavy atom. The number of fused-ring (bicyclic) bond motifs is 2. The topological polar surface area (TPSA) is 105 Å². The number of hydrogen-bond acceptors (Lipinski definition) is 10. The second-order valence-corrected chi connectivity index (χ2v) is 9.90. The smallest absolute Gasteiger partial charge is 0.322 e. The lowest BCUT2D eigenvalue weighted by Gasteiger charge is -2.60. The Kier molecular flexibility index (Phi) is 6.85. The fraction of sp³-hybridized carbons (Fsp3) is 0.393. The standard InChI is InChI=1S/C28H31N5O5/c1-31-22(20-11-5-7-13-29-20)27(25(35)37-2)17-33(19-32-15-9-4-10-16-32)18-28(24(27)34,26(36)38-3)23(31)21-12-6-8-14-30-21/h4-15,22-23H,16-19H2,1-3H3. The van der Waals surface area contributed by atoms with Crippen LogP contribution in [0.1, 0.15) is 23.5 Å². The third kappa shape index (κ3) is 3.83. The number of Topliss-reactive ketones (excluding diaryl/α,β-unsaturated/α-hetero) is 1. The predicted molar refractivity (Wildman–Crippen MR) is 137 cm³/mol. The number of carbonyl (C=O) groups is 3. The summed E-state index contributed by atoms with van der Waals surface area (Å²) >= 11 is 0. The number of hydrogen-bond donors (Lipinski definition) is 0. The molecule has 2 aromatic heterocycles. The molecule has 2 bridgehead atoms. The van der Waals surface area contributed by atoms with E-state index in [0.717, 1.165) is 0 Å². The van der Waals surface area contributed by atoms with E-state index in [9.17, 15) is 14.4 Å². The number of rotatable bonds is 6. The third-order valence-electron chi connectivity index (χ3n) is 7.81. The van der Waals surface area contributed by atoms with Gasteiger partial charge in [0.25, 0.3) is 0 Å². The van der Waals surface area contributed by atoms with Gasteiger partial charge in [-0.25, -0.2) is 0 Å². The van der Waals surface area contributed by atoms with Crippen molar-refractivity contribution in [2.45, 2.75) is 12.1 Å². The number of esters is 2. The van der Waals surface area contributed by atoms with Gasteiger partial charge in [-0.05, 0) is 37.4 Å². The fourth-order valence-corrected chi connectivity index (χ4v) is 6.44. The van der Waals surface area contributed by atoms with Crippen molar-refractivity contribution in [3.8, 4) is 0 Å². The first-order valence-corrected chi connectivity index (χ1v) is 12.5. The molecule has 198 valence electrons. The Morgan fingerprint density at radius 3 is 1.89 bits per heavy atom. The Bertz CT molecular complexity index is 1190. The van der Waals surface area contributed by atoms with E-state index in [1.807, 2.05) is 46.4 Å². The second-order valence-electron chi connectivity index (χ2n) is 9.90. The quantitative estimate of drug-likeness (QED) is 0.416. The summed E-state index contributed by atoms with van der Waals surface area (Å²) in [4.78, 5) is 57.6. The van der Waals surface area contributed by atoms with Crippen molar-refractivity contribution in [3.63, 3.8) is 0 Å². The molecule has 4 atom stereocenters. The van der Waals surface area contributed by atoms with Crippen LogP contribution in [0.15, 0.2) is 73.2 Å². The zero-order chi connectivity index (χ0) is 26.9. The molecule has 0 aromatic carbocycles. The minimum Gasteiger partial charge on any atom is -0.468 e. The SMILES string of the molecule is COC(=O)C12CN(CN3C=CC=CC3)CC(C(=O)OC)(C1=O)C(c1ccccn1)N(C)C2c1ccccn1. The number of pyridine rings is 2. The summed E-state index contributed by atoms with van der Waals surface area (Å²) in [6, 6.07) is 9.10. The molecule has 0 radical (unpaired) electrons. The van der Waals surface area contributed by atoms with E-state index in [1.165, 1.54) is 14.2 Å². The van der Waals surface area contributed by atoms with Crippen LogP contribution in [-0.4, -0.2) is 90.0 Å². The predicted octanol–water partition coefficient (Wildman–Crippen LogP) is 1.75. The molecule has 0 aliphatic carbocycles. The first kappa shape index (κ1) is 25.7. The molecule has 2 saturated heterocycles. The summed E-state index contributed by atoms with van der Waals surface area (Å²) in [5.41, 5.74) is -2.44. The van der Waals surface area contributed by atoms with Crippen LogP contribution in [0.25, 0.3) is 0 Å². The largest absolute Gasteiger partial charge is 0.468 e. The summed E-state index contributed by atoms with van der Waals surface area (Å²) in [6.45, 7) is 1.14. The summed E-state index contributed by atoms with van der Waals surface area (Å²) in [6.07, 6.45) is 11.1. The molecule has 5 rings (SSSR count). The lowest BCUT2D eigenvalue weighted by Crippen LogP contribution is -2.76. The van der Waals surface area contributed by atoms with Gasteiger partial charge < -0.3 is 14.4 Å².